The van der Waals surface area contributed by atoms with E-state index in [1.54, 1.807) is 48.5 Å². The molecule has 3 aromatic heterocycles. The van der Waals surface area contributed by atoms with Gasteiger partial charge in [0.1, 0.15) is 5.58 Å². The van der Waals surface area contributed by atoms with E-state index in [9.17, 15) is 9.59 Å². The van der Waals surface area contributed by atoms with E-state index < -0.39 is 5.91 Å². The number of benzene rings is 2. The molecule has 2 aromatic carbocycles. The lowest BCUT2D eigenvalue weighted by Gasteiger charge is -2.04. The molecular weight excluding hydrogens is 480 g/mol. The molecule has 5 rings (SSSR count). The number of nitrogens with one attached hydrogen (secondary N) is 1. The summed E-state index contributed by atoms with van der Waals surface area (Å²) in [6.07, 6.45) is 0. The SMILES string of the molecule is O=C(Nc1c(C(=O)c2ccc(Br)cc2)oc2ccccc12)c1cc(-c2cccs2)on1. The van der Waals surface area contributed by atoms with Crippen LogP contribution in [0.4, 0.5) is 5.69 Å². The van der Waals surface area contributed by atoms with Crippen molar-refractivity contribution in [2.24, 2.45) is 0 Å². The van der Waals surface area contributed by atoms with Gasteiger partial charge in [-0.2, -0.15) is 0 Å². The van der Waals surface area contributed by atoms with E-state index in [4.69, 9.17) is 8.94 Å². The van der Waals surface area contributed by atoms with Gasteiger partial charge < -0.3 is 14.3 Å². The van der Waals surface area contributed by atoms with Crippen molar-refractivity contribution >= 4 is 55.6 Å². The highest BCUT2D eigenvalue weighted by atomic mass is 79.9. The second-order valence-corrected chi connectivity index (χ2v) is 8.51. The summed E-state index contributed by atoms with van der Waals surface area (Å²) < 4.78 is 12.0. The number of rotatable bonds is 5. The Balaban J connectivity index is 1.51. The number of aromatic nitrogens is 1. The summed E-state index contributed by atoms with van der Waals surface area (Å²) in [5, 5.41) is 9.20. The van der Waals surface area contributed by atoms with Crippen LogP contribution in [0.2, 0.25) is 0 Å². The molecule has 0 aliphatic heterocycles. The predicted octanol–water partition coefficient (Wildman–Crippen LogP) is 6.40. The number of hydrogen-bond donors (Lipinski definition) is 1. The summed E-state index contributed by atoms with van der Waals surface area (Å²) in [4.78, 5) is 26.9. The number of nitrogens with zero attached hydrogens (tertiary/aromatic N) is 1. The van der Waals surface area contributed by atoms with Crippen LogP contribution in [-0.4, -0.2) is 16.8 Å². The normalized spacial score (nSPS) is 11.0. The molecule has 0 atom stereocenters. The average molecular weight is 493 g/mol. The Labute approximate surface area is 188 Å². The fourth-order valence-corrected chi connectivity index (χ4v) is 4.09. The third-order valence-corrected chi connectivity index (χ3v) is 6.07. The summed E-state index contributed by atoms with van der Waals surface area (Å²) in [5.74, 6) is -0.274. The maximum Gasteiger partial charge on any atom is 0.277 e. The maximum absolute atomic E-state index is 13.1. The number of hydrogen-bond acceptors (Lipinski definition) is 6. The van der Waals surface area contributed by atoms with Crippen LogP contribution in [0.3, 0.4) is 0 Å². The molecule has 8 heteroatoms. The van der Waals surface area contributed by atoms with Crippen molar-refractivity contribution in [3.05, 3.63) is 93.6 Å². The zero-order valence-corrected chi connectivity index (χ0v) is 18.2. The average Bonchev–Trinajstić information content (AvgIpc) is 3.53. The van der Waals surface area contributed by atoms with Crippen molar-refractivity contribution in [3.63, 3.8) is 0 Å². The van der Waals surface area contributed by atoms with Gasteiger partial charge in [0.25, 0.3) is 5.91 Å². The van der Waals surface area contributed by atoms with Gasteiger partial charge in [-0.15, -0.1) is 11.3 Å². The first-order valence-corrected chi connectivity index (χ1v) is 10.9. The zero-order chi connectivity index (χ0) is 21.4. The van der Waals surface area contributed by atoms with Gasteiger partial charge in [-0.05, 0) is 47.8 Å². The van der Waals surface area contributed by atoms with Crippen LogP contribution in [0.25, 0.3) is 21.6 Å². The third-order valence-electron chi connectivity index (χ3n) is 4.65. The number of para-hydroxylation sites is 1. The number of halogens is 1. The first-order valence-electron chi connectivity index (χ1n) is 9.24. The minimum absolute atomic E-state index is 0.0545. The van der Waals surface area contributed by atoms with E-state index in [-0.39, 0.29) is 17.2 Å². The maximum atomic E-state index is 13.1. The molecule has 0 fully saturated rings. The monoisotopic (exact) mass is 492 g/mol. The van der Waals surface area contributed by atoms with Crippen LogP contribution in [-0.2, 0) is 0 Å². The Kier molecular flexibility index (Phi) is 5.01. The Bertz CT molecular complexity index is 1400. The van der Waals surface area contributed by atoms with Gasteiger partial charge in [0, 0.05) is 21.5 Å². The van der Waals surface area contributed by atoms with Crippen LogP contribution >= 0.6 is 27.3 Å². The Morgan fingerprint density at radius 2 is 1.81 bits per heavy atom. The molecule has 0 radical (unpaired) electrons. The van der Waals surface area contributed by atoms with Crippen molar-refractivity contribution in [2.45, 2.75) is 0 Å². The summed E-state index contributed by atoms with van der Waals surface area (Å²) in [6, 6.07) is 19.4. The van der Waals surface area contributed by atoms with Gasteiger partial charge >= 0.3 is 0 Å². The molecule has 1 N–H and O–H groups in total. The van der Waals surface area contributed by atoms with Crippen LogP contribution in [0.1, 0.15) is 26.6 Å². The quantitative estimate of drug-likeness (QED) is 0.287. The number of amides is 1. The van der Waals surface area contributed by atoms with Gasteiger partial charge in [0.15, 0.2) is 17.2 Å². The molecule has 0 unspecified atom stereocenters. The molecule has 0 spiro atoms. The summed E-state index contributed by atoms with van der Waals surface area (Å²) >= 11 is 4.85. The van der Waals surface area contributed by atoms with Gasteiger partial charge in [-0.25, -0.2) is 0 Å². The Morgan fingerprint density at radius 1 is 1.00 bits per heavy atom. The summed E-state index contributed by atoms with van der Waals surface area (Å²) in [7, 11) is 0. The van der Waals surface area contributed by atoms with E-state index in [0.717, 1.165) is 9.35 Å². The number of anilines is 1. The van der Waals surface area contributed by atoms with Crippen LogP contribution in [0, 0.1) is 0 Å². The van der Waals surface area contributed by atoms with E-state index in [1.165, 1.54) is 11.3 Å². The smallest absolute Gasteiger partial charge is 0.277 e. The number of ketones is 1. The molecular formula is C23H13BrN2O4S. The van der Waals surface area contributed by atoms with Gasteiger partial charge in [-0.1, -0.05) is 39.3 Å². The lowest BCUT2D eigenvalue weighted by molar-refractivity contribution is 0.101. The highest BCUT2D eigenvalue weighted by Gasteiger charge is 2.25. The van der Waals surface area contributed by atoms with E-state index >= 15 is 0 Å². The highest BCUT2D eigenvalue weighted by Crippen LogP contribution is 2.33. The molecule has 1 amide bonds. The van der Waals surface area contributed by atoms with Gasteiger partial charge in [0.2, 0.25) is 5.78 Å². The molecule has 0 aliphatic carbocycles. The van der Waals surface area contributed by atoms with Crippen LogP contribution in [0.5, 0.6) is 0 Å². The minimum Gasteiger partial charge on any atom is -0.450 e. The molecule has 152 valence electrons. The second-order valence-electron chi connectivity index (χ2n) is 6.65. The minimum atomic E-state index is -0.497. The van der Waals surface area contributed by atoms with E-state index in [0.29, 0.717) is 28.0 Å². The number of thiophene rings is 1. The number of furan rings is 1. The molecule has 0 saturated carbocycles. The lowest BCUT2D eigenvalue weighted by Crippen LogP contribution is -2.14. The number of carbonyl (C=O) groups is 2. The topological polar surface area (TPSA) is 85.3 Å². The largest absolute Gasteiger partial charge is 0.450 e. The Hall–Kier alpha value is -3.49. The molecule has 0 saturated heterocycles. The third kappa shape index (κ3) is 3.71. The molecule has 31 heavy (non-hydrogen) atoms. The number of carbonyl (C=O) groups excluding carboxylic acids is 2. The van der Waals surface area contributed by atoms with E-state index in [1.807, 2.05) is 23.6 Å². The highest BCUT2D eigenvalue weighted by molar-refractivity contribution is 9.10. The second kappa shape index (κ2) is 7.98. The van der Waals surface area contributed by atoms with Crippen LogP contribution < -0.4 is 5.32 Å². The van der Waals surface area contributed by atoms with Gasteiger partial charge in [-0.3, -0.25) is 9.59 Å². The first kappa shape index (κ1) is 19.5. The summed E-state index contributed by atoms with van der Waals surface area (Å²) in [6.45, 7) is 0. The molecule has 0 bridgehead atoms. The van der Waals surface area contributed by atoms with Crippen molar-refractivity contribution in [2.75, 3.05) is 5.32 Å². The first-order chi connectivity index (χ1) is 15.1. The molecule has 5 aromatic rings. The molecule has 6 nitrogen and oxygen atoms in total. The predicted molar refractivity (Wildman–Crippen MR) is 122 cm³/mol. The fourth-order valence-electron chi connectivity index (χ4n) is 3.16. The fraction of sp³-hybridized carbons (Fsp3) is 0. The summed E-state index contributed by atoms with van der Waals surface area (Å²) in [5.41, 5.74) is 1.35. The number of fused-ring (bicyclic) bond motifs is 1. The van der Waals surface area contributed by atoms with E-state index in [2.05, 4.69) is 26.4 Å². The van der Waals surface area contributed by atoms with Crippen molar-refractivity contribution in [1.29, 1.82) is 0 Å². The standard InChI is InChI=1S/C23H13BrN2O4S/c24-14-9-7-13(8-10-14)21(27)22-20(15-4-1-2-5-17(15)29-22)25-23(28)16-12-18(30-26-16)19-6-3-11-31-19/h1-12H,(H,25,28). The zero-order valence-electron chi connectivity index (χ0n) is 15.8. The van der Waals surface area contributed by atoms with Crippen molar-refractivity contribution < 1.29 is 18.5 Å². The van der Waals surface area contributed by atoms with Crippen molar-refractivity contribution in [1.82, 2.24) is 5.16 Å². The van der Waals surface area contributed by atoms with Crippen LogP contribution in [0.15, 0.2) is 85.5 Å². The molecule has 3 heterocycles. The van der Waals surface area contributed by atoms with Crippen molar-refractivity contribution in [3.8, 4) is 10.6 Å². The molecule has 0 aliphatic rings. The Morgan fingerprint density at radius 3 is 2.58 bits per heavy atom. The van der Waals surface area contributed by atoms with Gasteiger partial charge in [0.05, 0.1) is 10.6 Å². The lowest BCUT2D eigenvalue weighted by atomic mass is 10.1.